The van der Waals surface area contributed by atoms with Crippen LogP contribution in [0, 0.1) is 11.6 Å². The smallest absolute Gasteiger partial charge is 0.245 e. The normalized spacial score (nSPS) is 21.7. The minimum atomic E-state index is -0.817. The number of aliphatic hydroxyl groups is 2. The van der Waals surface area contributed by atoms with Crippen LogP contribution in [0.2, 0.25) is 0 Å². The summed E-state index contributed by atoms with van der Waals surface area (Å²) >= 11 is 0. The maximum Gasteiger partial charge on any atom is 0.245 e. The molecule has 16 heteroatoms. The Kier molecular flexibility index (Phi) is 13.2. The van der Waals surface area contributed by atoms with Crippen LogP contribution in [0.15, 0.2) is 36.4 Å². The molecule has 8 N–H and O–H groups in total. The first-order valence-corrected chi connectivity index (χ1v) is 20.2. The molecule has 0 bridgehead atoms. The van der Waals surface area contributed by atoms with E-state index in [0.717, 1.165) is 11.1 Å². The number of aromatic nitrogens is 2. The van der Waals surface area contributed by atoms with Crippen molar-refractivity contribution in [1.82, 2.24) is 41.0 Å². The third kappa shape index (κ3) is 8.75. The lowest BCUT2D eigenvalue weighted by molar-refractivity contribution is -0.138. The van der Waals surface area contributed by atoms with Crippen LogP contribution in [0.25, 0.3) is 33.2 Å². The lowest BCUT2D eigenvalue weighted by atomic mass is 9.94. The molecule has 58 heavy (non-hydrogen) atoms. The minimum Gasteiger partial charge on any atom is -0.391 e. The number of β-amino-alcohol motifs (C(OH)–C–C–N with tert-alkyl or cyclic N) is 2. The quantitative estimate of drug-likeness (QED) is 0.0899. The second-order valence-corrected chi connectivity index (χ2v) is 15.8. The van der Waals surface area contributed by atoms with Crippen molar-refractivity contribution in [3.05, 3.63) is 59.2 Å². The predicted octanol–water partition coefficient (Wildman–Crippen LogP) is 2.61. The molecular formula is C42H56F2N8O6. The molecule has 4 amide bonds. The molecule has 2 fully saturated rings. The van der Waals surface area contributed by atoms with E-state index in [0.29, 0.717) is 46.0 Å². The fourth-order valence-corrected chi connectivity index (χ4v) is 8.42. The molecule has 0 saturated carbocycles. The largest absolute Gasteiger partial charge is 0.391 e. The first-order valence-electron chi connectivity index (χ1n) is 20.2. The van der Waals surface area contributed by atoms with Gasteiger partial charge in [-0.1, -0.05) is 13.8 Å². The molecule has 4 aromatic rings. The molecule has 0 spiro atoms. The van der Waals surface area contributed by atoms with Gasteiger partial charge in [0.2, 0.25) is 23.6 Å². The Bertz CT molecular complexity index is 2010. The van der Waals surface area contributed by atoms with Crippen LogP contribution >= 0.6 is 0 Å². The van der Waals surface area contributed by atoms with Crippen molar-refractivity contribution < 1.29 is 38.2 Å². The third-order valence-corrected chi connectivity index (χ3v) is 11.9. The van der Waals surface area contributed by atoms with Gasteiger partial charge in [0, 0.05) is 47.0 Å². The Labute approximate surface area is 336 Å². The van der Waals surface area contributed by atoms with Gasteiger partial charge < -0.3 is 51.2 Å². The number of benzene rings is 2. The lowest BCUT2D eigenvalue weighted by Crippen LogP contribution is -2.53. The van der Waals surface area contributed by atoms with Gasteiger partial charge >= 0.3 is 0 Å². The zero-order chi connectivity index (χ0) is 42.0. The summed E-state index contributed by atoms with van der Waals surface area (Å²) in [6.07, 6.45) is 0.0738. The topological polar surface area (TPSA) is 195 Å². The first kappa shape index (κ1) is 42.7. The van der Waals surface area contributed by atoms with Crippen molar-refractivity contribution in [3.8, 4) is 11.4 Å². The average Bonchev–Trinajstić information content (AvgIpc) is 3.96. The van der Waals surface area contributed by atoms with Crippen molar-refractivity contribution in [3.63, 3.8) is 0 Å². The average molecular weight is 807 g/mol. The van der Waals surface area contributed by atoms with Gasteiger partial charge in [0.25, 0.3) is 0 Å². The number of likely N-dealkylation sites (N-methyl/N-ethyl adjacent to an activating group) is 2. The summed E-state index contributed by atoms with van der Waals surface area (Å²) in [5.41, 5.74) is 3.58. The summed E-state index contributed by atoms with van der Waals surface area (Å²) in [5, 5.41) is 34.7. The van der Waals surface area contributed by atoms with Gasteiger partial charge in [0.05, 0.1) is 35.7 Å². The first-order chi connectivity index (χ1) is 27.7. The van der Waals surface area contributed by atoms with Gasteiger partial charge in [-0.15, -0.1) is 0 Å². The Hall–Kier alpha value is -4.90. The number of nitrogens with one attached hydrogen (secondary N) is 6. The summed E-state index contributed by atoms with van der Waals surface area (Å²) < 4.78 is 29.6. The van der Waals surface area contributed by atoms with Crippen LogP contribution in [0.1, 0.15) is 64.5 Å². The summed E-state index contributed by atoms with van der Waals surface area (Å²) in [6, 6.07) is 5.13. The van der Waals surface area contributed by atoms with E-state index in [9.17, 15) is 38.2 Å². The zero-order valence-electron chi connectivity index (χ0n) is 33.9. The number of hydrogen-bond acceptors (Lipinski definition) is 8. The highest BCUT2D eigenvalue weighted by Gasteiger charge is 2.41. The fourth-order valence-electron chi connectivity index (χ4n) is 8.42. The third-order valence-electron chi connectivity index (χ3n) is 11.9. The van der Waals surface area contributed by atoms with Crippen molar-refractivity contribution in [2.45, 2.75) is 115 Å². The fraction of sp³-hybridized carbons (Fsp3) is 0.524. The van der Waals surface area contributed by atoms with E-state index >= 15 is 0 Å². The Morgan fingerprint density at radius 2 is 1.09 bits per heavy atom. The molecule has 0 radical (unpaired) electrons. The molecular weight excluding hydrogens is 751 g/mol. The number of carbonyl (C=O) groups is 4. The van der Waals surface area contributed by atoms with Crippen LogP contribution in [0.3, 0.4) is 0 Å². The number of nitrogens with zero attached hydrogens (tertiary/aromatic N) is 2. The SMILES string of the molecule is CC[C@H](NC(=O)[C@H](C)NC)C(=O)N1CC(O)C[C@H]1Cc1c(-c2[nH]c3cc(F)ccc3c2C[C@@H]2CC(O)CN2C(=O)[C@H](CC)NC(=O)[C@H](C)NC)[nH]c2cc(F)ccc12. The number of halogens is 2. The molecule has 2 aromatic heterocycles. The number of amides is 4. The molecule has 14 nitrogen and oxygen atoms in total. The highest BCUT2D eigenvalue weighted by Crippen LogP contribution is 2.40. The molecule has 4 heterocycles. The van der Waals surface area contributed by atoms with Crippen molar-refractivity contribution in [2.24, 2.45) is 0 Å². The highest BCUT2D eigenvalue weighted by atomic mass is 19.1. The van der Waals surface area contributed by atoms with Crippen LogP contribution < -0.4 is 21.3 Å². The van der Waals surface area contributed by atoms with Crippen LogP contribution in [-0.4, -0.2) is 129 Å². The van der Waals surface area contributed by atoms with E-state index in [-0.39, 0.29) is 62.4 Å². The van der Waals surface area contributed by atoms with Gasteiger partial charge in [-0.25, -0.2) is 8.78 Å². The number of aliphatic hydroxyl groups excluding tert-OH is 2. The van der Waals surface area contributed by atoms with E-state index in [4.69, 9.17) is 0 Å². The molecule has 2 aromatic carbocycles. The Morgan fingerprint density at radius 1 is 0.707 bits per heavy atom. The summed E-state index contributed by atoms with van der Waals surface area (Å²) in [4.78, 5) is 63.7. The van der Waals surface area contributed by atoms with Gasteiger partial charge in [-0.05, 0) is 114 Å². The van der Waals surface area contributed by atoms with Crippen LogP contribution in [-0.2, 0) is 32.0 Å². The van der Waals surface area contributed by atoms with Gasteiger partial charge in [0.1, 0.15) is 23.7 Å². The zero-order valence-corrected chi connectivity index (χ0v) is 33.9. The van der Waals surface area contributed by atoms with Gasteiger partial charge in [0.15, 0.2) is 0 Å². The van der Waals surface area contributed by atoms with Gasteiger partial charge in [-0.2, -0.15) is 0 Å². The van der Waals surface area contributed by atoms with E-state index in [2.05, 4.69) is 31.2 Å². The van der Waals surface area contributed by atoms with Gasteiger partial charge in [-0.3, -0.25) is 19.2 Å². The summed E-state index contributed by atoms with van der Waals surface area (Å²) in [6.45, 7) is 7.15. The Morgan fingerprint density at radius 3 is 1.43 bits per heavy atom. The summed E-state index contributed by atoms with van der Waals surface area (Å²) in [5.74, 6) is -2.21. The molecule has 6 rings (SSSR count). The minimum absolute atomic E-state index is 0.0711. The van der Waals surface area contributed by atoms with Crippen LogP contribution in [0.4, 0.5) is 8.78 Å². The number of fused-ring (bicyclic) bond motifs is 2. The number of hydrogen-bond donors (Lipinski definition) is 8. The van der Waals surface area contributed by atoms with E-state index in [1.165, 1.54) is 24.3 Å². The molecule has 0 aliphatic carbocycles. The maximum atomic E-state index is 14.8. The molecule has 8 atom stereocenters. The van der Waals surface area contributed by atoms with E-state index in [1.54, 1.807) is 49.9 Å². The highest BCUT2D eigenvalue weighted by molar-refractivity contribution is 5.97. The second-order valence-electron chi connectivity index (χ2n) is 15.8. The monoisotopic (exact) mass is 806 g/mol. The molecule has 2 saturated heterocycles. The number of rotatable bonds is 15. The number of H-pyrrole nitrogens is 2. The second kappa shape index (κ2) is 17.9. The van der Waals surface area contributed by atoms with Crippen molar-refractivity contribution >= 4 is 45.4 Å². The van der Waals surface area contributed by atoms with E-state index in [1.807, 2.05) is 13.8 Å². The number of carbonyl (C=O) groups excluding carboxylic acids is 4. The standard InChI is InChI=1S/C42H56F2N8O6/c1-7-33(49-39(55)21(3)45-5)41(57)51-19-27(53)15-25(51)17-31-29-11-9-23(43)13-35(29)47-37(31)38-32(30-12-10-24(44)14-36(30)48-38)18-26-16-28(54)20-52(26)42(58)34(8-2)50-40(56)22(4)46-6/h9-14,21-22,25-28,33-34,45-48,53-54H,7-8,15-20H2,1-6H3,(H,49,55)(H,50,56)/t21-,22-,25-,26-,27?,28?,33-,34-/m0/s1. The number of aromatic amines is 2. The Balaban J connectivity index is 1.40. The summed E-state index contributed by atoms with van der Waals surface area (Å²) in [7, 11) is 3.31. The van der Waals surface area contributed by atoms with Crippen LogP contribution in [0.5, 0.6) is 0 Å². The molecule has 2 aliphatic heterocycles. The maximum absolute atomic E-state index is 14.8. The lowest BCUT2D eigenvalue weighted by Gasteiger charge is -2.30. The molecule has 2 unspecified atom stereocenters. The number of likely N-dealkylation sites (tertiary alicyclic amines) is 2. The predicted molar refractivity (Wildman–Crippen MR) is 217 cm³/mol. The van der Waals surface area contributed by atoms with E-state index < -0.39 is 60.1 Å². The molecule has 2 aliphatic rings. The van der Waals surface area contributed by atoms with Crippen molar-refractivity contribution in [2.75, 3.05) is 27.2 Å². The molecule has 314 valence electrons. The van der Waals surface area contributed by atoms with Crippen molar-refractivity contribution in [1.29, 1.82) is 0 Å².